The van der Waals surface area contributed by atoms with Gasteiger partial charge in [-0.2, -0.15) is 14.6 Å². The zero-order valence-corrected chi connectivity index (χ0v) is 16.4. The highest BCUT2D eigenvalue weighted by molar-refractivity contribution is 5.76. The van der Waals surface area contributed by atoms with Crippen LogP contribution >= 0.6 is 0 Å². The molecular formula is C16H18N10O6. The second-order valence-corrected chi connectivity index (χ2v) is 7.23. The molecule has 0 aliphatic carbocycles. The van der Waals surface area contributed by atoms with Gasteiger partial charge < -0.3 is 31.5 Å². The first kappa shape index (κ1) is 20.1. The zero-order valence-electron chi connectivity index (χ0n) is 16.4. The maximum Gasteiger partial charge on any atom is 0.302 e. The van der Waals surface area contributed by atoms with Gasteiger partial charge in [-0.1, -0.05) is 0 Å². The number of aliphatic hydroxyl groups is 3. The summed E-state index contributed by atoms with van der Waals surface area (Å²) in [5.41, 5.74) is 10.1. The van der Waals surface area contributed by atoms with Gasteiger partial charge in [-0.25, -0.2) is 14.6 Å². The van der Waals surface area contributed by atoms with Gasteiger partial charge in [0.05, 0.1) is 6.61 Å². The van der Waals surface area contributed by atoms with Crippen LogP contribution in [0.5, 0.6) is 0 Å². The highest BCUT2D eigenvalue weighted by Gasteiger charge is 2.45. The van der Waals surface area contributed by atoms with Gasteiger partial charge in [-0.05, 0) is 6.92 Å². The van der Waals surface area contributed by atoms with Crippen molar-refractivity contribution in [2.24, 2.45) is 0 Å². The average molecular weight is 446 g/mol. The van der Waals surface area contributed by atoms with Crippen LogP contribution in [0.4, 0.5) is 11.9 Å². The molecule has 4 aromatic rings. The SMILES string of the molecule is Cc1nc2c(=O)nc(N)n(-n3cnc4nc(N)[nH]c(=O)c43)c2n1C1OC(CO)C(O)C1O. The van der Waals surface area contributed by atoms with E-state index in [1.54, 1.807) is 0 Å². The number of ether oxygens (including phenoxy) is 1. The van der Waals surface area contributed by atoms with Crippen LogP contribution in [-0.2, 0) is 4.74 Å². The number of anilines is 2. The fraction of sp³-hybridized carbons (Fsp3) is 0.375. The van der Waals surface area contributed by atoms with Crippen molar-refractivity contribution in [3.63, 3.8) is 0 Å². The Kier molecular flexibility index (Phi) is 4.28. The fourth-order valence-electron chi connectivity index (χ4n) is 3.89. The van der Waals surface area contributed by atoms with Crippen LogP contribution in [0.1, 0.15) is 12.1 Å². The Balaban J connectivity index is 1.87. The minimum Gasteiger partial charge on any atom is -0.394 e. The number of hydrogen-bond acceptors (Lipinski definition) is 12. The maximum atomic E-state index is 12.6. The molecule has 5 rings (SSSR count). The summed E-state index contributed by atoms with van der Waals surface area (Å²) in [6.45, 7) is 0.987. The first-order chi connectivity index (χ1) is 15.2. The Morgan fingerprint density at radius 3 is 2.62 bits per heavy atom. The quantitative estimate of drug-likeness (QED) is 0.179. The third-order valence-electron chi connectivity index (χ3n) is 5.30. The third-order valence-corrected chi connectivity index (χ3v) is 5.30. The number of aromatic amines is 1. The second-order valence-electron chi connectivity index (χ2n) is 7.23. The molecule has 16 heteroatoms. The summed E-state index contributed by atoms with van der Waals surface area (Å²) < 4.78 is 9.32. The minimum atomic E-state index is -1.47. The smallest absolute Gasteiger partial charge is 0.302 e. The van der Waals surface area contributed by atoms with Crippen molar-refractivity contribution in [2.45, 2.75) is 31.5 Å². The zero-order chi connectivity index (χ0) is 22.9. The van der Waals surface area contributed by atoms with Crippen LogP contribution in [0.2, 0.25) is 0 Å². The number of imidazole rings is 2. The summed E-state index contributed by atoms with van der Waals surface area (Å²) in [4.78, 5) is 43.5. The largest absolute Gasteiger partial charge is 0.394 e. The summed E-state index contributed by atoms with van der Waals surface area (Å²) in [5, 5.41) is 30.2. The van der Waals surface area contributed by atoms with Crippen LogP contribution in [0, 0.1) is 6.92 Å². The standard InChI is InChI=1S/C16H18N10O6/c1-4-20-6-11(30)23-16(18)26(24-3-19-10-7(24)12(31)22-15(17)21-10)13(6)25(4)14-9(29)8(28)5(2-27)32-14/h3,5,8-9,14,27-29H,2H2,1H3,(H2,18,23,30)(H3,17,21,22,31). The van der Waals surface area contributed by atoms with Crippen molar-refractivity contribution in [1.29, 1.82) is 0 Å². The van der Waals surface area contributed by atoms with E-state index in [1.165, 1.54) is 27.2 Å². The molecule has 168 valence electrons. The molecule has 4 atom stereocenters. The number of nitrogen functional groups attached to an aromatic ring is 2. The van der Waals surface area contributed by atoms with Gasteiger partial charge >= 0.3 is 5.56 Å². The van der Waals surface area contributed by atoms with Crippen LogP contribution in [0.25, 0.3) is 22.3 Å². The Morgan fingerprint density at radius 1 is 1.19 bits per heavy atom. The summed E-state index contributed by atoms with van der Waals surface area (Å²) >= 11 is 0. The Bertz CT molecular complexity index is 1480. The van der Waals surface area contributed by atoms with Crippen molar-refractivity contribution in [3.8, 4) is 0 Å². The number of aliphatic hydroxyl groups excluding tert-OH is 3. The van der Waals surface area contributed by atoms with Gasteiger partial charge in [0.2, 0.25) is 11.9 Å². The van der Waals surface area contributed by atoms with Gasteiger partial charge in [0.1, 0.15) is 30.5 Å². The molecule has 0 amide bonds. The van der Waals surface area contributed by atoms with Crippen LogP contribution < -0.4 is 22.6 Å². The van der Waals surface area contributed by atoms with Crippen molar-refractivity contribution in [1.82, 2.24) is 38.8 Å². The monoisotopic (exact) mass is 446 g/mol. The highest BCUT2D eigenvalue weighted by Crippen LogP contribution is 2.33. The number of aromatic nitrogens is 8. The van der Waals surface area contributed by atoms with E-state index in [0.717, 1.165) is 0 Å². The summed E-state index contributed by atoms with van der Waals surface area (Å²) in [6, 6.07) is 0. The predicted octanol–water partition coefficient (Wildman–Crippen LogP) is -3.58. The summed E-state index contributed by atoms with van der Waals surface area (Å²) in [6.07, 6.45) is -3.95. The highest BCUT2D eigenvalue weighted by atomic mass is 16.6. The molecule has 0 aromatic carbocycles. The lowest BCUT2D eigenvalue weighted by atomic mass is 10.1. The average Bonchev–Trinajstić information content (AvgIpc) is 3.38. The maximum absolute atomic E-state index is 12.6. The molecule has 1 fully saturated rings. The van der Waals surface area contributed by atoms with Crippen LogP contribution in [0.3, 0.4) is 0 Å². The lowest BCUT2D eigenvalue weighted by Gasteiger charge is -2.21. The molecule has 0 radical (unpaired) electrons. The summed E-state index contributed by atoms with van der Waals surface area (Å²) in [5.74, 6) is -0.254. The number of rotatable bonds is 3. The number of nitrogens with one attached hydrogen (secondary N) is 1. The van der Waals surface area contributed by atoms with Crippen LogP contribution in [-0.4, -0.2) is 79.1 Å². The minimum absolute atomic E-state index is 0.00497. The van der Waals surface area contributed by atoms with E-state index in [1.807, 2.05) is 0 Å². The molecule has 16 nitrogen and oxygen atoms in total. The summed E-state index contributed by atoms with van der Waals surface area (Å²) in [7, 11) is 0. The number of nitrogens with two attached hydrogens (primary N) is 2. The predicted molar refractivity (Wildman–Crippen MR) is 107 cm³/mol. The Labute approximate surface area is 176 Å². The lowest BCUT2D eigenvalue weighted by molar-refractivity contribution is -0.0521. The Hall–Kier alpha value is -3.86. The molecule has 0 bridgehead atoms. The van der Waals surface area contributed by atoms with Crippen molar-refractivity contribution in [2.75, 3.05) is 18.1 Å². The van der Waals surface area contributed by atoms with Gasteiger partial charge in [-0.15, -0.1) is 0 Å². The molecular weight excluding hydrogens is 428 g/mol. The third kappa shape index (κ3) is 2.64. The Morgan fingerprint density at radius 2 is 1.94 bits per heavy atom. The second kappa shape index (κ2) is 6.82. The molecule has 1 aliphatic heterocycles. The van der Waals surface area contributed by atoms with Crippen molar-refractivity contribution in [3.05, 3.63) is 32.9 Å². The van der Waals surface area contributed by atoms with Gasteiger partial charge in [0.25, 0.3) is 5.56 Å². The van der Waals surface area contributed by atoms with Crippen molar-refractivity contribution >= 4 is 34.2 Å². The molecule has 32 heavy (non-hydrogen) atoms. The van der Waals surface area contributed by atoms with E-state index in [-0.39, 0.29) is 40.0 Å². The molecule has 0 spiro atoms. The van der Waals surface area contributed by atoms with Gasteiger partial charge in [0, 0.05) is 0 Å². The number of aryl methyl sites for hydroxylation is 1. The lowest BCUT2D eigenvalue weighted by Crippen LogP contribution is -2.33. The number of H-pyrrole nitrogens is 1. The van der Waals surface area contributed by atoms with Crippen LogP contribution in [0.15, 0.2) is 15.9 Å². The van der Waals surface area contributed by atoms with E-state index >= 15 is 0 Å². The molecule has 1 saturated heterocycles. The molecule has 5 heterocycles. The molecule has 0 saturated carbocycles. The molecule has 4 unspecified atom stereocenters. The van der Waals surface area contributed by atoms with E-state index in [4.69, 9.17) is 16.2 Å². The van der Waals surface area contributed by atoms with E-state index in [9.17, 15) is 24.9 Å². The van der Waals surface area contributed by atoms with E-state index < -0.39 is 42.3 Å². The topological polar surface area (TPSA) is 238 Å². The molecule has 4 aromatic heterocycles. The number of fused-ring (bicyclic) bond motifs is 2. The van der Waals surface area contributed by atoms with E-state index in [2.05, 4.69) is 24.9 Å². The van der Waals surface area contributed by atoms with Crippen molar-refractivity contribution < 1.29 is 20.1 Å². The van der Waals surface area contributed by atoms with Gasteiger partial charge in [-0.3, -0.25) is 19.1 Å². The molecule has 1 aliphatic rings. The first-order valence-corrected chi connectivity index (χ1v) is 9.36. The normalized spacial score (nSPS) is 23.5. The number of nitrogens with zero attached hydrogens (tertiary/aromatic N) is 7. The number of hydrogen-bond donors (Lipinski definition) is 6. The molecule has 8 N–H and O–H groups in total. The fourth-order valence-corrected chi connectivity index (χ4v) is 3.89. The van der Waals surface area contributed by atoms with Gasteiger partial charge in [0.15, 0.2) is 28.6 Å². The van der Waals surface area contributed by atoms with E-state index in [0.29, 0.717) is 0 Å². The first-order valence-electron chi connectivity index (χ1n) is 9.36.